The van der Waals surface area contributed by atoms with Crippen molar-refractivity contribution in [2.45, 2.75) is 31.8 Å². The van der Waals surface area contributed by atoms with Gasteiger partial charge >= 0.3 is 0 Å². The fourth-order valence-corrected chi connectivity index (χ4v) is 4.03. The molecule has 2 heterocycles. The second kappa shape index (κ2) is 8.18. The van der Waals surface area contributed by atoms with Gasteiger partial charge in [-0.3, -0.25) is 9.48 Å². The van der Waals surface area contributed by atoms with Crippen LogP contribution in [0.25, 0.3) is 11.3 Å². The van der Waals surface area contributed by atoms with E-state index in [9.17, 15) is 9.18 Å². The molecule has 0 saturated carbocycles. The monoisotopic (exact) mass is 416 g/mol. The van der Waals surface area contributed by atoms with Crippen molar-refractivity contribution in [2.24, 2.45) is 0 Å². The average Bonchev–Trinajstić information content (AvgIpc) is 3.44. The summed E-state index contributed by atoms with van der Waals surface area (Å²) in [5.41, 5.74) is 4.26. The Bertz CT molecular complexity index is 1200. The van der Waals surface area contributed by atoms with Crippen molar-refractivity contribution >= 4 is 5.91 Å². The number of nitrogens with one attached hydrogen (secondary N) is 1. The summed E-state index contributed by atoms with van der Waals surface area (Å²) in [5.74, 6) is -0.210. The molecule has 0 bridgehead atoms. The summed E-state index contributed by atoms with van der Waals surface area (Å²) in [7, 11) is 0. The molecule has 0 unspecified atom stereocenters. The molecule has 1 aliphatic rings. The van der Waals surface area contributed by atoms with Gasteiger partial charge in [0.05, 0.1) is 18.8 Å². The molecule has 6 nitrogen and oxygen atoms in total. The van der Waals surface area contributed by atoms with E-state index in [-0.39, 0.29) is 23.5 Å². The topological polar surface area (TPSA) is 73.0 Å². The third-order valence-electron chi connectivity index (χ3n) is 5.61. The lowest BCUT2D eigenvalue weighted by atomic mass is 9.92. The van der Waals surface area contributed by atoms with E-state index in [2.05, 4.69) is 27.7 Å². The number of hydrogen-bond acceptors (Lipinski definition) is 4. The van der Waals surface area contributed by atoms with Crippen LogP contribution in [0.2, 0.25) is 0 Å². The SMILES string of the molecule is O=C(N[C@@H]1CCCc2c1cnn2Cc1ccccc1)c1cc(-c2ccc(F)cc2)on1. The van der Waals surface area contributed by atoms with Crippen molar-refractivity contribution in [1.82, 2.24) is 20.3 Å². The second-order valence-electron chi connectivity index (χ2n) is 7.69. The number of carbonyl (C=O) groups excluding carboxylic acids is 1. The highest BCUT2D eigenvalue weighted by atomic mass is 19.1. The third-order valence-corrected chi connectivity index (χ3v) is 5.61. The van der Waals surface area contributed by atoms with Gasteiger partial charge in [0.25, 0.3) is 5.91 Å². The minimum Gasteiger partial charge on any atom is -0.355 e. The zero-order chi connectivity index (χ0) is 21.2. The maximum absolute atomic E-state index is 13.1. The smallest absolute Gasteiger partial charge is 0.273 e. The minimum atomic E-state index is -0.331. The van der Waals surface area contributed by atoms with Gasteiger partial charge in [-0.15, -0.1) is 0 Å². The predicted molar refractivity (Wildman–Crippen MR) is 113 cm³/mol. The van der Waals surface area contributed by atoms with Crippen LogP contribution < -0.4 is 5.32 Å². The van der Waals surface area contributed by atoms with Crippen LogP contribution in [0.4, 0.5) is 4.39 Å². The zero-order valence-corrected chi connectivity index (χ0v) is 16.8. The van der Waals surface area contributed by atoms with Crippen LogP contribution in [0.1, 0.15) is 46.2 Å². The molecule has 2 aromatic carbocycles. The predicted octanol–water partition coefficient (Wildman–Crippen LogP) is 4.53. The largest absolute Gasteiger partial charge is 0.355 e. The lowest BCUT2D eigenvalue weighted by Crippen LogP contribution is -2.31. The van der Waals surface area contributed by atoms with Gasteiger partial charge in [-0.1, -0.05) is 35.5 Å². The highest BCUT2D eigenvalue weighted by molar-refractivity contribution is 5.93. The normalized spacial score (nSPS) is 15.5. The Kier molecular flexibility index (Phi) is 5.08. The number of aromatic nitrogens is 3. The fraction of sp³-hybridized carbons (Fsp3) is 0.208. The number of carbonyl (C=O) groups is 1. The van der Waals surface area contributed by atoms with E-state index in [1.165, 1.54) is 17.7 Å². The molecular formula is C24H21FN4O2. The lowest BCUT2D eigenvalue weighted by Gasteiger charge is -2.24. The highest BCUT2D eigenvalue weighted by Crippen LogP contribution is 2.30. The van der Waals surface area contributed by atoms with E-state index < -0.39 is 0 Å². The molecule has 7 heteroatoms. The first kappa shape index (κ1) is 19.2. The molecule has 0 aliphatic heterocycles. The molecule has 2 aromatic heterocycles. The molecule has 1 N–H and O–H groups in total. The van der Waals surface area contributed by atoms with Crippen molar-refractivity contribution in [3.05, 3.63) is 95.2 Å². The van der Waals surface area contributed by atoms with E-state index in [0.29, 0.717) is 17.9 Å². The number of nitrogens with zero attached hydrogens (tertiary/aromatic N) is 3. The van der Waals surface area contributed by atoms with Gasteiger partial charge in [-0.25, -0.2) is 4.39 Å². The van der Waals surface area contributed by atoms with E-state index in [4.69, 9.17) is 4.52 Å². The average molecular weight is 416 g/mol. The Hall–Kier alpha value is -3.74. The molecule has 4 aromatic rings. The molecule has 0 saturated heterocycles. The number of hydrogen-bond donors (Lipinski definition) is 1. The molecule has 5 rings (SSSR count). The van der Waals surface area contributed by atoms with E-state index in [1.807, 2.05) is 29.1 Å². The summed E-state index contributed by atoms with van der Waals surface area (Å²) in [6.45, 7) is 0.709. The van der Waals surface area contributed by atoms with Crippen LogP contribution in [0, 0.1) is 5.82 Å². The number of rotatable bonds is 5. The number of benzene rings is 2. The van der Waals surface area contributed by atoms with Crippen LogP contribution in [0.5, 0.6) is 0 Å². The van der Waals surface area contributed by atoms with Gasteiger partial charge in [0.1, 0.15) is 5.82 Å². The van der Waals surface area contributed by atoms with Crippen molar-refractivity contribution < 1.29 is 13.7 Å². The molecule has 1 atom stereocenters. The quantitative estimate of drug-likeness (QED) is 0.519. The molecule has 31 heavy (non-hydrogen) atoms. The minimum absolute atomic E-state index is 0.119. The first-order chi connectivity index (χ1) is 15.2. The van der Waals surface area contributed by atoms with E-state index in [1.54, 1.807) is 18.2 Å². The van der Waals surface area contributed by atoms with Crippen molar-refractivity contribution in [3.63, 3.8) is 0 Å². The van der Waals surface area contributed by atoms with Crippen LogP contribution in [0.15, 0.2) is 71.4 Å². The molecule has 0 fully saturated rings. The maximum atomic E-state index is 13.1. The van der Waals surface area contributed by atoms with Crippen molar-refractivity contribution in [3.8, 4) is 11.3 Å². The fourth-order valence-electron chi connectivity index (χ4n) is 4.03. The van der Waals surface area contributed by atoms with Crippen LogP contribution in [-0.4, -0.2) is 20.8 Å². The highest BCUT2D eigenvalue weighted by Gasteiger charge is 2.27. The van der Waals surface area contributed by atoms with Crippen LogP contribution >= 0.6 is 0 Å². The second-order valence-corrected chi connectivity index (χ2v) is 7.69. The summed E-state index contributed by atoms with van der Waals surface area (Å²) in [6, 6.07) is 17.5. The van der Waals surface area contributed by atoms with Crippen molar-refractivity contribution in [2.75, 3.05) is 0 Å². The first-order valence-corrected chi connectivity index (χ1v) is 10.3. The van der Waals surface area contributed by atoms with Crippen LogP contribution in [0.3, 0.4) is 0 Å². The number of amides is 1. The Morgan fingerprint density at radius 2 is 1.97 bits per heavy atom. The van der Waals surface area contributed by atoms with Gasteiger partial charge in [0.2, 0.25) is 0 Å². The van der Waals surface area contributed by atoms with Gasteiger partial charge < -0.3 is 9.84 Å². The van der Waals surface area contributed by atoms with Crippen molar-refractivity contribution in [1.29, 1.82) is 0 Å². The summed E-state index contributed by atoms with van der Waals surface area (Å²) < 4.78 is 20.4. The Balaban J connectivity index is 1.31. The molecule has 0 spiro atoms. The molecule has 1 amide bonds. The standard InChI is InChI=1S/C24H21FN4O2/c25-18-11-9-17(10-12-18)23-13-21(28-31-23)24(30)27-20-7-4-8-22-19(20)14-26-29(22)15-16-5-2-1-3-6-16/h1-3,5-6,9-14,20H,4,7-8,15H2,(H,27,30)/t20-/m1/s1. The maximum Gasteiger partial charge on any atom is 0.273 e. The zero-order valence-electron chi connectivity index (χ0n) is 16.8. The summed E-state index contributed by atoms with van der Waals surface area (Å²) in [4.78, 5) is 12.8. The summed E-state index contributed by atoms with van der Waals surface area (Å²) in [5, 5.41) is 11.5. The number of halogens is 1. The first-order valence-electron chi connectivity index (χ1n) is 10.3. The number of fused-ring (bicyclic) bond motifs is 1. The van der Waals surface area contributed by atoms with Gasteiger partial charge in [0.15, 0.2) is 11.5 Å². The third kappa shape index (κ3) is 3.99. The lowest BCUT2D eigenvalue weighted by molar-refractivity contribution is 0.0923. The Labute approximate surface area is 178 Å². The Morgan fingerprint density at radius 1 is 1.16 bits per heavy atom. The molecule has 0 radical (unpaired) electrons. The molecule has 1 aliphatic carbocycles. The Morgan fingerprint density at radius 3 is 2.77 bits per heavy atom. The van der Waals surface area contributed by atoms with Gasteiger partial charge in [-0.2, -0.15) is 5.10 Å². The van der Waals surface area contributed by atoms with E-state index in [0.717, 1.165) is 30.5 Å². The van der Waals surface area contributed by atoms with Crippen LogP contribution in [-0.2, 0) is 13.0 Å². The molecular weight excluding hydrogens is 395 g/mol. The summed E-state index contributed by atoms with van der Waals surface area (Å²) >= 11 is 0. The van der Waals surface area contributed by atoms with Gasteiger partial charge in [0, 0.05) is 22.9 Å². The van der Waals surface area contributed by atoms with Gasteiger partial charge in [-0.05, 0) is 49.1 Å². The van der Waals surface area contributed by atoms with E-state index >= 15 is 0 Å². The molecule has 156 valence electrons. The summed E-state index contributed by atoms with van der Waals surface area (Å²) in [6.07, 6.45) is 4.61.